The molecule has 0 amide bonds. The summed E-state index contributed by atoms with van der Waals surface area (Å²) in [5, 5.41) is 54.5. The molecule has 1 fully saturated rings. The van der Waals surface area contributed by atoms with Crippen molar-refractivity contribution in [2.24, 2.45) is 52.0 Å². The number of aromatic hydroxyl groups is 2. The molecule has 0 radical (unpaired) electrons. The van der Waals surface area contributed by atoms with Crippen molar-refractivity contribution in [2.75, 3.05) is 26.9 Å². The summed E-state index contributed by atoms with van der Waals surface area (Å²) >= 11 is 0. The number of hydrogen-bond acceptors (Lipinski definition) is 9. The van der Waals surface area contributed by atoms with Crippen molar-refractivity contribution in [1.82, 2.24) is 0 Å². The largest absolute Gasteiger partial charge is 0.508 e. The number of allylic oxidation sites excluding steroid dienone is 2. The molecule has 1 aliphatic heterocycles. The second-order valence-electron chi connectivity index (χ2n) is 17.8. The van der Waals surface area contributed by atoms with Crippen molar-refractivity contribution < 1.29 is 39.7 Å². The number of phenolic OH excluding ortho intramolecular Hbond substituents is 2. The fourth-order valence-corrected chi connectivity index (χ4v) is 10.8. The van der Waals surface area contributed by atoms with E-state index in [1.54, 1.807) is 25.3 Å². The number of guanidine groups is 1. The van der Waals surface area contributed by atoms with Crippen LogP contribution in [0, 0.1) is 35.5 Å². The summed E-state index contributed by atoms with van der Waals surface area (Å²) < 4.78 is 19.6. The first-order valence-corrected chi connectivity index (χ1v) is 21.8. The molecule has 3 aliphatic carbocycles. The maximum Gasteiger partial charge on any atom is 0.185 e. The molecule has 11 heteroatoms. The number of hydrogen-bond donors (Lipinski definition) is 7. The Morgan fingerprint density at radius 2 is 1.78 bits per heavy atom. The molecular weight excluding hydrogens is 747 g/mol. The maximum absolute atomic E-state index is 12.1. The molecule has 1 saturated carbocycles. The van der Waals surface area contributed by atoms with Gasteiger partial charge < -0.3 is 51.2 Å². The summed E-state index contributed by atoms with van der Waals surface area (Å²) in [6, 6.07) is 11.2. The van der Waals surface area contributed by atoms with Crippen LogP contribution in [-0.2, 0) is 19.3 Å². The van der Waals surface area contributed by atoms with Gasteiger partial charge in [-0.15, -0.1) is 0 Å². The molecule has 0 aromatic heterocycles. The molecule has 0 spiro atoms. The molecule has 0 saturated heterocycles. The monoisotopic (exact) mass is 811 g/mol. The Bertz CT molecular complexity index is 2010. The van der Waals surface area contributed by atoms with Crippen LogP contribution in [-0.4, -0.2) is 70.6 Å². The highest BCUT2D eigenvalue weighted by molar-refractivity contribution is 5.84. The second-order valence-corrected chi connectivity index (χ2v) is 17.8. The van der Waals surface area contributed by atoms with E-state index in [1.807, 2.05) is 12.1 Å². The molecule has 1 heterocycles. The van der Waals surface area contributed by atoms with Crippen LogP contribution in [0.25, 0.3) is 11.1 Å². The van der Waals surface area contributed by atoms with Crippen LogP contribution >= 0.6 is 0 Å². The zero-order valence-corrected chi connectivity index (χ0v) is 35.1. The Balaban J connectivity index is 1.26. The number of aliphatic imine (C=N–C) groups is 1. The number of aliphatic hydroxyl groups is 3. The van der Waals surface area contributed by atoms with Gasteiger partial charge in [-0.2, -0.15) is 0 Å². The van der Waals surface area contributed by atoms with Crippen molar-refractivity contribution in [2.45, 2.75) is 109 Å². The highest BCUT2D eigenvalue weighted by Crippen LogP contribution is 2.56. The minimum atomic E-state index is -0.907. The van der Waals surface area contributed by atoms with Crippen molar-refractivity contribution in [3.05, 3.63) is 76.4 Å². The van der Waals surface area contributed by atoms with E-state index in [9.17, 15) is 25.5 Å². The third-order valence-electron chi connectivity index (χ3n) is 13.7. The average molecular weight is 812 g/mol. The summed E-state index contributed by atoms with van der Waals surface area (Å²) in [6.45, 7) is 7.14. The van der Waals surface area contributed by atoms with Crippen LogP contribution in [0.5, 0.6) is 28.7 Å². The highest BCUT2D eigenvalue weighted by atomic mass is 16.5. The number of nitrogens with zero attached hydrogens (tertiary/aromatic N) is 1. The van der Waals surface area contributed by atoms with Crippen LogP contribution < -0.4 is 25.7 Å². The molecule has 9 N–H and O–H groups in total. The molecule has 59 heavy (non-hydrogen) atoms. The van der Waals surface area contributed by atoms with E-state index in [1.165, 1.54) is 0 Å². The van der Waals surface area contributed by atoms with Gasteiger partial charge >= 0.3 is 0 Å². The zero-order chi connectivity index (χ0) is 42.0. The minimum Gasteiger partial charge on any atom is -0.508 e. The van der Waals surface area contributed by atoms with Gasteiger partial charge in [0.15, 0.2) is 17.5 Å². The van der Waals surface area contributed by atoms with E-state index in [0.717, 1.165) is 84.7 Å². The van der Waals surface area contributed by atoms with E-state index >= 15 is 0 Å². The van der Waals surface area contributed by atoms with Gasteiger partial charge in [0.2, 0.25) is 0 Å². The predicted molar refractivity (Wildman–Crippen MR) is 230 cm³/mol. The number of rotatable bonds is 14. The van der Waals surface area contributed by atoms with Gasteiger partial charge in [-0.1, -0.05) is 45.4 Å². The molecule has 320 valence electrons. The van der Waals surface area contributed by atoms with Crippen molar-refractivity contribution in [1.29, 1.82) is 0 Å². The van der Waals surface area contributed by atoms with Gasteiger partial charge in [0.05, 0.1) is 13.2 Å². The summed E-state index contributed by atoms with van der Waals surface area (Å²) in [4.78, 5) is 4.17. The Morgan fingerprint density at radius 3 is 2.49 bits per heavy atom. The number of nitrogens with two attached hydrogens (primary N) is 2. The first-order valence-electron chi connectivity index (χ1n) is 21.8. The van der Waals surface area contributed by atoms with E-state index < -0.39 is 12.2 Å². The Kier molecular flexibility index (Phi) is 13.3. The van der Waals surface area contributed by atoms with Crippen LogP contribution in [0.2, 0.25) is 0 Å². The van der Waals surface area contributed by atoms with E-state index in [0.29, 0.717) is 65.7 Å². The third kappa shape index (κ3) is 8.89. The van der Waals surface area contributed by atoms with Crippen LogP contribution in [0.15, 0.2) is 53.5 Å². The number of benzene rings is 3. The van der Waals surface area contributed by atoms with E-state index in [-0.39, 0.29) is 54.7 Å². The lowest BCUT2D eigenvalue weighted by molar-refractivity contribution is 0.0169. The summed E-state index contributed by atoms with van der Waals surface area (Å²) in [6.07, 6.45) is 10.4. The number of fused-ring (bicyclic) bond motifs is 5. The lowest BCUT2D eigenvalue weighted by Gasteiger charge is -2.42. The number of ether oxygens (including phenoxy) is 3. The number of methoxy groups -OCH3 is 1. The highest BCUT2D eigenvalue weighted by Gasteiger charge is 2.42. The number of phenols is 2. The van der Waals surface area contributed by atoms with Gasteiger partial charge in [0, 0.05) is 49.3 Å². The Morgan fingerprint density at radius 1 is 0.966 bits per heavy atom. The van der Waals surface area contributed by atoms with Gasteiger partial charge in [0.1, 0.15) is 29.5 Å². The first-order chi connectivity index (χ1) is 28.4. The second kappa shape index (κ2) is 18.4. The quantitative estimate of drug-likeness (QED) is 0.0503. The average Bonchev–Trinajstić information content (AvgIpc) is 3.21. The molecular formula is C48H65N3O8. The third-order valence-corrected chi connectivity index (χ3v) is 13.7. The van der Waals surface area contributed by atoms with Gasteiger partial charge in [-0.25, -0.2) is 0 Å². The standard InChI is InChI=1S/C48H65N3O8/c1-5-27-18-29(10-9-28(27)14-16-52)35-19-32-21-39(55)33(17-26(2)3)20-36(32)46-44(57-4)24-42-37(45(35)46)23-40(56)47(59-42)30-11-12-38(54)43(22-30)58-41-8-6-7-31(25-53)34(41)13-15-51-48(49)50/h9-12,20-22,24,26-29,31,34-35,40-41,47,52-56H,5-8,13-19,23,25H2,1-4H3,(H4,49,50,51)/t27-,28+,29-,31+,34+,35-,40-,41+,47+/m1/s1. The smallest absolute Gasteiger partial charge is 0.185 e. The molecule has 3 aromatic rings. The van der Waals surface area contributed by atoms with Crippen LogP contribution in [0.1, 0.15) is 106 Å². The van der Waals surface area contributed by atoms with E-state index in [2.05, 4.69) is 44.0 Å². The molecule has 7 rings (SSSR count). The summed E-state index contributed by atoms with van der Waals surface area (Å²) in [7, 11) is 1.68. The number of aliphatic hydroxyl groups excluding tert-OH is 3. The zero-order valence-electron chi connectivity index (χ0n) is 35.1. The maximum atomic E-state index is 12.1. The lowest BCUT2D eigenvalue weighted by Crippen LogP contribution is -2.39. The molecule has 0 bridgehead atoms. The normalized spacial score (nSPS) is 27.3. The Hall–Kier alpha value is -4.45. The predicted octanol–water partition coefficient (Wildman–Crippen LogP) is 7.07. The van der Waals surface area contributed by atoms with Crippen molar-refractivity contribution >= 4 is 5.96 Å². The van der Waals surface area contributed by atoms with Gasteiger partial charge in [-0.05, 0) is 139 Å². The molecule has 11 nitrogen and oxygen atoms in total. The lowest BCUT2D eigenvalue weighted by atomic mass is 9.65. The molecule has 3 aromatic carbocycles. The molecule has 0 unspecified atom stereocenters. The van der Waals surface area contributed by atoms with Crippen molar-refractivity contribution in [3.8, 4) is 39.9 Å². The SMILES string of the molecule is CC[C@@H]1C[C@H]([C@H]2Cc3cc(O)c(CC(C)C)cc3-c3c(OC)cc4c(c32)C[C@@H](O)[C@H](c2ccc(O)c(O[C@H]3CCC[C@@H](CO)[C@@H]3CCN=C(N)N)c2)O4)C=C[C@H]1CCO. The summed E-state index contributed by atoms with van der Waals surface area (Å²) in [5.41, 5.74) is 18.0. The van der Waals surface area contributed by atoms with Crippen LogP contribution in [0.4, 0.5) is 0 Å². The van der Waals surface area contributed by atoms with Crippen molar-refractivity contribution in [3.63, 3.8) is 0 Å². The minimum absolute atomic E-state index is 0.0131. The van der Waals surface area contributed by atoms with E-state index in [4.69, 9.17) is 25.7 Å². The van der Waals surface area contributed by atoms with Crippen LogP contribution in [0.3, 0.4) is 0 Å². The molecule has 9 atom stereocenters. The topological polar surface area (TPSA) is 193 Å². The Labute approximate surface area is 349 Å². The fourth-order valence-electron chi connectivity index (χ4n) is 10.8. The summed E-state index contributed by atoms with van der Waals surface area (Å²) in [5.74, 6) is 3.32. The fraction of sp³-hybridized carbons (Fsp3) is 0.562. The van der Waals surface area contributed by atoms with Gasteiger partial charge in [0.25, 0.3) is 0 Å². The first kappa shape index (κ1) is 42.7. The molecule has 4 aliphatic rings. The van der Waals surface area contributed by atoms with Gasteiger partial charge in [-0.3, -0.25) is 4.99 Å².